The third-order valence-corrected chi connectivity index (χ3v) is 3.92. The van der Waals surface area contributed by atoms with Gasteiger partial charge in [0, 0.05) is 6.54 Å². The van der Waals surface area contributed by atoms with Crippen molar-refractivity contribution in [3.63, 3.8) is 0 Å². The summed E-state index contributed by atoms with van der Waals surface area (Å²) in [7, 11) is 0. The van der Waals surface area contributed by atoms with Crippen LogP contribution in [0.15, 0.2) is 29.0 Å². The lowest BCUT2D eigenvalue weighted by molar-refractivity contribution is 0.962. The van der Waals surface area contributed by atoms with E-state index in [9.17, 15) is 0 Å². The van der Waals surface area contributed by atoms with Gasteiger partial charge in [-0.3, -0.25) is 0 Å². The largest absolute Gasteiger partial charge is 0.369 e. The topological polar surface area (TPSA) is 49.8 Å². The van der Waals surface area contributed by atoms with E-state index in [2.05, 4.69) is 43.5 Å². The first-order chi connectivity index (χ1) is 9.63. The number of para-hydroxylation sites is 1. The molecule has 0 spiro atoms. The summed E-state index contributed by atoms with van der Waals surface area (Å²) in [6.45, 7) is 2.92. The van der Waals surface area contributed by atoms with E-state index in [4.69, 9.17) is 23.2 Å². The van der Waals surface area contributed by atoms with E-state index in [1.165, 1.54) is 6.33 Å². The summed E-state index contributed by atoms with van der Waals surface area (Å²) in [6.07, 6.45) is 2.49. The highest BCUT2D eigenvalue weighted by atomic mass is 79.9. The zero-order valence-electron chi connectivity index (χ0n) is 10.8. The molecule has 0 fully saturated rings. The van der Waals surface area contributed by atoms with Crippen LogP contribution in [-0.4, -0.2) is 16.5 Å². The molecule has 0 bridgehead atoms. The molecular formula is C13H13BrCl2N4. The van der Waals surface area contributed by atoms with Gasteiger partial charge in [-0.1, -0.05) is 36.2 Å². The molecular weight excluding hydrogens is 363 g/mol. The van der Waals surface area contributed by atoms with Gasteiger partial charge >= 0.3 is 0 Å². The lowest BCUT2D eigenvalue weighted by atomic mass is 10.3. The number of hydrogen-bond donors (Lipinski definition) is 2. The molecule has 0 saturated carbocycles. The normalized spacial score (nSPS) is 10.4. The second kappa shape index (κ2) is 7.11. The number of aromatic nitrogens is 2. The Morgan fingerprint density at radius 1 is 1.15 bits per heavy atom. The van der Waals surface area contributed by atoms with Gasteiger partial charge in [-0.15, -0.1) is 0 Å². The Bertz CT molecular complexity index is 587. The predicted molar refractivity (Wildman–Crippen MR) is 88.3 cm³/mol. The summed E-state index contributed by atoms with van der Waals surface area (Å²) in [5, 5.41) is 7.40. The predicted octanol–water partition coefficient (Wildman–Crippen LogP) is 5.11. The SMILES string of the molecule is CCCNc1ncnc(Nc2c(Cl)cccc2Cl)c1Br. The van der Waals surface area contributed by atoms with Crippen molar-refractivity contribution in [1.82, 2.24) is 9.97 Å². The molecule has 1 aromatic heterocycles. The summed E-state index contributed by atoms with van der Waals surface area (Å²) in [5.74, 6) is 1.33. The fraction of sp³-hybridized carbons (Fsp3) is 0.231. The number of nitrogens with one attached hydrogen (secondary N) is 2. The van der Waals surface area contributed by atoms with E-state index in [1.54, 1.807) is 18.2 Å². The van der Waals surface area contributed by atoms with Crippen molar-refractivity contribution in [2.45, 2.75) is 13.3 Å². The Hall–Kier alpha value is -1.04. The zero-order chi connectivity index (χ0) is 14.5. The third kappa shape index (κ3) is 3.53. The fourth-order valence-corrected chi connectivity index (χ4v) is 2.50. The van der Waals surface area contributed by atoms with Gasteiger partial charge in [0.25, 0.3) is 0 Å². The Morgan fingerprint density at radius 2 is 1.80 bits per heavy atom. The average Bonchev–Trinajstić information content (AvgIpc) is 2.43. The number of rotatable bonds is 5. The summed E-state index contributed by atoms with van der Waals surface area (Å²) < 4.78 is 0.740. The van der Waals surface area contributed by atoms with Crippen molar-refractivity contribution < 1.29 is 0 Å². The maximum absolute atomic E-state index is 6.13. The third-order valence-electron chi connectivity index (χ3n) is 2.54. The van der Waals surface area contributed by atoms with Gasteiger partial charge in [0.05, 0.1) is 15.7 Å². The average molecular weight is 376 g/mol. The Morgan fingerprint density at radius 3 is 2.45 bits per heavy atom. The van der Waals surface area contributed by atoms with Crippen molar-refractivity contribution in [3.05, 3.63) is 39.0 Å². The first kappa shape index (κ1) is 15.4. The molecule has 7 heteroatoms. The van der Waals surface area contributed by atoms with Gasteiger partial charge < -0.3 is 10.6 Å². The molecule has 0 atom stereocenters. The Labute approximate surface area is 136 Å². The van der Waals surface area contributed by atoms with Crippen LogP contribution in [0.3, 0.4) is 0 Å². The second-order valence-electron chi connectivity index (χ2n) is 4.03. The highest BCUT2D eigenvalue weighted by Crippen LogP contribution is 2.35. The van der Waals surface area contributed by atoms with Crippen molar-refractivity contribution in [2.24, 2.45) is 0 Å². The number of halogens is 3. The summed E-state index contributed by atoms with van der Waals surface area (Å²) in [4.78, 5) is 8.39. The van der Waals surface area contributed by atoms with Crippen LogP contribution < -0.4 is 10.6 Å². The minimum absolute atomic E-state index is 0.533. The molecule has 0 aliphatic heterocycles. The highest BCUT2D eigenvalue weighted by molar-refractivity contribution is 9.10. The maximum Gasteiger partial charge on any atom is 0.150 e. The van der Waals surface area contributed by atoms with Gasteiger partial charge in [0.2, 0.25) is 0 Å². The molecule has 4 nitrogen and oxygen atoms in total. The first-order valence-corrected chi connectivity index (χ1v) is 7.63. The molecule has 1 aromatic carbocycles. The number of benzene rings is 1. The fourth-order valence-electron chi connectivity index (χ4n) is 1.56. The van der Waals surface area contributed by atoms with Gasteiger partial charge in [-0.2, -0.15) is 0 Å². The summed E-state index contributed by atoms with van der Waals surface area (Å²) >= 11 is 15.7. The van der Waals surface area contributed by atoms with E-state index < -0.39 is 0 Å². The summed E-state index contributed by atoms with van der Waals surface area (Å²) in [5.41, 5.74) is 0.622. The molecule has 2 N–H and O–H groups in total. The molecule has 0 aliphatic carbocycles. The van der Waals surface area contributed by atoms with Crippen LogP contribution in [-0.2, 0) is 0 Å². The number of anilines is 3. The minimum atomic E-state index is 0.533. The molecule has 0 aliphatic rings. The van der Waals surface area contributed by atoms with E-state index in [0.29, 0.717) is 21.6 Å². The van der Waals surface area contributed by atoms with Crippen molar-refractivity contribution >= 4 is 56.5 Å². The quantitative estimate of drug-likeness (QED) is 0.762. The van der Waals surface area contributed by atoms with Gasteiger partial charge in [-0.05, 0) is 34.5 Å². The molecule has 0 unspecified atom stereocenters. The van der Waals surface area contributed by atoms with Gasteiger partial charge in [0.1, 0.15) is 22.4 Å². The monoisotopic (exact) mass is 374 g/mol. The molecule has 20 heavy (non-hydrogen) atoms. The van der Waals surface area contributed by atoms with Crippen molar-refractivity contribution in [3.8, 4) is 0 Å². The first-order valence-electron chi connectivity index (χ1n) is 6.09. The summed E-state index contributed by atoms with van der Waals surface area (Å²) in [6, 6.07) is 5.32. The van der Waals surface area contributed by atoms with Crippen molar-refractivity contribution in [1.29, 1.82) is 0 Å². The molecule has 0 amide bonds. The van der Waals surface area contributed by atoms with Crippen LogP contribution in [0, 0.1) is 0 Å². The molecule has 106 valence electrons. The molecule has 1 heterocycles. The molecule has 2 rings (SSSR count). The van der Waals surface area contributed by atoms with E-state index in [0.717, 1.165) is 23.3 Å². The maximum atomic E-state index is 6.13. The van der Waals surface area contributed by atoms with E-state index in [-0.39, 0.29) is 0 Å². The Kier molecular flexibility index (Phi) is 5.46. The second-order valence-corrected chi connectivity index (χ2v) is 5.64. The van der Waals surface area contributed by atoms with Crippen LogP contribution in [0.25, 0.3) is 0 Å². The molecule has 2 aromatic rings. The van der Waals surface area contributed by atoms with Crippen LogP contribution in [0.2, 0.25) is 10.0 Å². The smallest absolute Gasteiger partial charge is 0.150 e. The molecule has 0 radical (unpaired) electrons. The number of nitrogens with zero attached hydrogens (tertiary/aromatic N) is 2. The van der Waals surface area contributed by atoms with Crippen LogP contribution in [0.1, 0.15) is 13.3 Å². The van der Waals surface area contributed by atoms with Crippen LogP contribution >= 0.6 is 39.1 Å². The van der Waals surface area contributed by atoms with E-state index >= 15 is 0 Å². The van der Waals surface area contributed by atoms with Gasteiger partial charge in [-0.25, -0.2) is 9.97 Å². The van der Waals surface area contributed by atoms with Gasteiger partial charge in [0.15, 0.2) is 0 Å². The van der Waals surface area contributed by atoms with Crippen LogP contribution in [0.4, 0.5) is 17.3 Å². The Balaban J connectivity index is 2.30. The number of hydrogen-bond acceptors (Lipinski definition) is 4. The van der Waals surface area contributed by atoms with Crippen LogP contribution in [0.5, 0.6) is 0 Å². The van der Waals surface area contributed by atoms with Crippen molar-refractivity contribution in [2.75, 3.05) is 17.2 Å². The zero-order valence-corrected chi connectivity index (χ0v) is 13.8. The highest BCUT2D eigenvalue weighted by Gasteiger charge is 2.12. The molecule has 0 saturated heterocycles. The lowest BCUT2D eigenvalue weighted by Gasteiger charge is -2.13. The minimum Gasteiger partial charge on any atom is -0.369 e. The van der Waals surface area contributed by atoms with E-state index in [1.807, 2.05) is 0 Å². The standard InChI is InChI=1S/C13H13BrCl2N4/c1-2-6-17-12-10(14)13(19-7-18-12)20-11-8(15)4-3-5-9(11)16/h3-5,7H,2,6H2,1H3,(H2,17,18,19,20). The lowest BCUT2D eigenvalue weighted by Crippen LogP contribution is -2.05.